The molecule has 3 aromatic rings. The summed E-state index contributed by atoms with van der Waals surface area (Å²) in [6.07, 6.45) is 5.09. The number of fused-ring (bicyclic) bond motifs is 1. The molecule has 0 unspecified atom stereocenters. The Balaban J connectivity index is 1.19. The van der Waals surface area contributed by atoms with Crippen molar-refractivity contribution in [1.82, 2.24) is 9.88 Å². The second-order valence-electron chi connectivity index (χ2n) is 8.23. The molecular weight excluding hydrogens is 395 g/mol. The number of hydrogen-bond acceptors (Lipinski definition) is 4. The fraction of sp³-hybridized carbons (Fsp3) is 0.360. The van der Waals surface area contributed by atoms with Crippen LogP contribution in [0, 0.1) is 5.82 Å². The molecule has 0 saturated carbocycles. The van der Waals surface area contributed by atoms with Crippen molar-refractivity contribution >= 4 is 16.8 Å². The van der Waals surface area contributed by atoms with Gasteiger partial charge in [-0.25, -0.2) is 4.39 Å². The smallest absolute Gasteiger partial charge is 0.251 e. The van der Waals surface area contributed by atoms with Gasteiger partial charge < -0.3 is 14.4 Å². The van der Waals surface area contributed by atoms with E-state index in [1.165, 1.54) is 12.1 Å². The molecular formula is C25H25FN2O3. The second-order valence-corrected chi connectivity index (χ2v) is 8.23. The molecule has 0 bridgehead atoms. The molecule has 31 heavy (non-hydrogen) atoms. The van der Waals surface area contributed by atoms with Crippen LogP contribution in [0.15, 0.2) is 54.7 Å². The van der Waals surface area contributed by atoms with Gasteiger partial charge in [0.15, 0.2) is 0 Å². The van der Waals surface area contributed by atoms with E-state index in [4.69, 9.17) is 9.47 Å². The van der Waals surface area contributed by atoms with Gasteiger partial charge in [-0.15, -0.1) is 0 Å². The molecule has 5 rings (SSSR count). The number of ether oxygens (including phenoxy) is 2. The van der Waals surface area contributed by atoms with Gasteiger partial charge in [0.2, 0.25) is 0 Å². The van der Waals surface area contributed by atoms with Crippen molar-refractivity contribution < 1.29 is 18.7 Å². The fourth-order valence-corrected chi connectivity index (χ4v) is 4.34. The summed E-state index contributed by atoms with van der Waals surface area (Å²) >= 11 is 0. The molecule has 2 aliphatic heterocycles. The van der Waals surface area contributed by atoms with Gasteiger partial charge in [0.1, 0.15) is 23.8 Å². The Morgan fingerprint density at radius 3 is 2.58 bits per heavy atom. The monoisotopic (exact) mass is 420 g/mol. The number of benzene rings is 2. The molecule has 2 fully saturated rings. The summed E-state index contributed by atoms with van der Waals surface area (Å²) in [6.45, 7) is 2.12. The van der Waals surface area contributed by atoms with Crippen molar-refractivity contribution in [2.45, 2.75) is 37.9 Å². The van der Waals surface area contributed by atoms with E-state index in [1.807, 2.05) is 35.2 Å². The zero-order valence-corrected chi connectivity index (χ0v) is 17.3. The number of piperidine rings is 1. The van der Waals surface area contributed by atoms with E-state index < -0.39 is 0 Å². The van der Waals surface area contributed by atoms with E-state index in [1.54, 1.807) is 12.3 Å². The number of carbonyl (C=O) groups is 1. The van der Waals surface area contributed by atoms with Gasteiger partial charge in [-0.3, -0.25) is 9.78 Å². The van der Waals surface area contributed by atoms with E-state index in [9.17, 15) is 9.18 Å². The van der Waals surface area contributed by atoms with Crippen LogP contribution >= 0.6 is 0 Å². The minimum Gasteiger partial charge on any atom is -0.490 e. The van der Waals surface area contributed by atoms with Crippen LogP contribution in [0.4, 0.5) is 4.39 Å². The molecule has 0 aliphatic carbocycles. The fourth-order valence-electron chi connectivity index (χ4n) is 4.34. The second kappa shape index (κ2) is 8.63. The van der Waals surface area contributed by atoms with Crippen LogP contribution in [0.2, 0.25) is 0 Å². The number of likely N-dealkylation sites (tertiary alicyclic amines) is 1. The Hall–Kier alpha value is -2.99. The van der Waals surface area contributed by atoms with Crippen molar-refractivity contribution in [3.8, 4) is 16.9 Å². The molecule has 1 aromatic heterocycles. The molecule has 5 nitrogen and oxygen atoms in total. The lowest BCUT2D eigenvalue weighted by Gasteiger charge is -2.33. The first-order valence-corrected chi connectivity index (χ1v) is 10.9. The third-order valence-corrected chi connectivity index (χ3v) is 6.10. The van der Waals surface area contributed by atoms with Gasteiger partial charge in [-0.1, -0.05) is 12.1 Å². The maximum absolute atomic E-state index is 13.3. The topological polar surface area (TPSA) is 51.7 Å². The van der Waals surface area contributed by atoms with Gasteiger partial charge in [0.05, 0.1) is 5.52 Å². The van der Waals surface area contributed by atoms with E-state index >= 15 is 0 Å². The van der Waals surface area contributed by atoms with Crippen molar-refractivity contribution in [2.75, 3.05) is 19.7 Å². The van der Waals surface area contributed by atoms with E-state index in [2.05, 4.69) is 4.98 Å². The lowest BCUT2D eigenvalue weighted by atomic mass is 10.0. The third-order valence-electron chi connectivity index (χ3n) is 6.10. The van der Waals surface area contributed by atoms with Crippen LogP contribution in [-0.4, -0.2) is 47.7 Å². The van der Waals surface area contributed by atoms with Crippen LogP contribution < -0.4 is 4.74 Å². The van der Waals surface area contributed by atoms with Gasteiger partial charge in [-0.05, 0) is 48.7 Å². The average molecular weight is 420 g/mol. The number of aromatic nitrogens is 1. The molecule has 6 heteroatoms. The number of halogens is 1. The number of carbonyl (C=O) groups excluding carboxylic acids is 1. The van der Waals surface area contributed by atoms with E-state index in [-0.39, 0.29) is 23.9 Å². The Morgan fingerprint density at radius 1 is 1.03 bits per heavy atom. The summed E-state index contributed by atoms with van der Waals surface area (Å²) in [5.41, 5.74) is 2.66. The lowest BCUT2D eigenvalue weighted by Crippen LogP contribution is -2.45. The number of rotatable bonds is 4. The summed E-state index contributed by atoms with van der Waals surface area (Å²) in [5.74, 6) is 0.673. The van der Waals surface area contributed by atoms with Crippen molar-refractivity contribution in [1.29, 1.82) is 0 Å². The normalized spacial score (nSPS) is 19.6. The highest BCUT2D eigenvalue weighted by atomic mass is 19.1. The summed E-state index contributed by atoms with van der Waals surface area (Å²) < 4.78 is 25.0. The van der Waals surface area contributed by atoms with Crippen LogP contribution in [0.25, 0.3) is 22.0 Å². The quantitative estimate of drug-likeness (QED) is 0.620. The summed E-state index contributed by atoms with van der Waals surface area (Å²) in [4.78, 5) is 18.8. The Kier molecular flexibility index (Phi) is 5.55. The van der Waals surface area contributed by atoms with Gasteiger partial charge in [0.25, 0.3) is 5.91 Å². The van der Waals surface area contributed by atoms with Crippen molar-refractivity contribution in [3.63, 3.8) is 0 Å². The van der Waals surface area contributed by atoms with Gasteiger partial charge >= 0.3 is 0 Å². The summed E-state index contributed by atoms with van der Waals surface area (Å²) in [7, 11) is 0. The summed E-state index contributed by atoms with van der Waals surface area (Å²) in [6, 6.07) is 14.6. The maximum atomic E-state index is 13.3. The SMILES string of the molecule is O=C([C@H]1CCCO1)N1CCC(Oc2ccc(-c3cnc4cc(F)ccc4c3)cc2)CC1. The Morgan fingerprint density at radius 2 is 1.84 bits per heavy atom. The highest BCUT2D eigenvalue weighted by Crippen LogP contribution is 2.27. The predicted octanol–water partition coefficient (Wildman–Crippen LogP) is 4.59. The first-order valence-electron chi connectivity index (χ1n) is 10.9. The Labute approximate surface area is 180 Å². The van der Waals surface area contributed by atoms with Crippen LogP contribution in [-0.2, 0) is 9.53 Å². The molecule has 0 N–H and O–H groups in total. The molecule has 160 valence electrons. The summed E-state index contributed by atoms with van der Waals surface area (Å²) in [5, 5.41) is 0.906. The molecule has 3 heterocycles. The molecule has 1 amide bonds. The van der Waals surface area contributed by atoms with Crippen LogP contribution in [0.5, 0.6) is 5.75 Å². The first kappa shape index (κ1) is 19.9. The Bertz CT molecular complexity index is 1070. The molecule has 0 spiro atoms. The van der Waals surface area contributed by atoms with Crippen LogP contribution in [0.3, 0.4) is 0 Å². The zero-order valence-electron chi connectivity index (χ0n) is 17.3. The van der Waals surface area contributed by atoms with Gasteiger partial charge in [0, 0.05) is 55.8 Å². The largest absolute Gasteiger partial charge is 0.490 e. The first-order chi connectivity index (χ1) is 15.2. The number of pyridine rings is 1. The lowest BCUT2D eigenvalue weighted by molar-refractivity contribution is -0.142. The molecule has 1 atom stereocenters. The molecule has 0 radical (unpaired) electrons. The minimum atomic E-state index is -0.281. The van der Waals surface area contributed by atoms with E-state index in [0.29, 0.717) is 25.2 Å². The van der Waals surface area contributed by atoms with Crippen molar-refractivity contribution in [2.24, 2.45) is 0 Å². The highest BCUT2D eigenvalue weighted by molar-refractivity contribution is 5.83. The van der Waals surface area contributed by atoms with Crippen molar-refractivity contribution in [3.05, 3.63) is 60.5 Å². The predicted molar refractivity (Wildman–Crippen MR) is 116 cm³/mol. The van der Waals surface area contributed by atoms with Crippen LogP contribution in [0.1, 0.15) is 25.7 Å². The zero-order chi connectivity index (χ0) is 21.2. The number of hydrogen-bond donors (Lipinski definition) is 0. The number of nitrogens with zero attached hydrogens (tertiary/aromatic N) is 2. The average Bonchev–Trinajstić information content (AvgIpc) is 3.34. The highest BCUT2D eigenvalue weighted by Gasteiger charge is 2.31. The van der Waals surface area contributed by atoms with E-state index in [0.717, 1.165) is 47.9 Å². The number of amides is 1. The van der Waals surface area contributed by atoms with Gasteiger partial charge in [-0.2, -0.15) is 0 Å². The standard InChI is InChI=1S/C25H25FN2O3/c26-20-6-3-18-14-19(16-27-23(18)15-20)17-4-7-21(8-5-17)31-22-9-11-28(12-10-22)25(29)24-2-1-13-30-24/h3-8,14-16,22,24H,1-2,9-13H2/t24-/m1/s1. The molecule has 2 aromatic carbocycles. The minimum absolute atomic E-state index is 0.108. The maximum Gasteiger partial charge on any atom is 0.251 e. The molecule has 2 aliphatic rings. The molecule has 2 saturated heterocycles. The third kappa shape index (κ3) is 4.39.